The number of aromatic nitrogens is 1. The number of azo groups is 1. The predicted molar refractivity (Wildman–Crippen MR) is 288 cm³/mol. The Morgan fingerprint density at radius 2 is 1.21 bits per heavy atom. The molecule has 0 aliphatic rings. The molecule has 0 spiro atoms. The fourth-order valence-electron chi connectivity index (χ4n) is 7.35. The second-order valence-corrected chi connectivity index (χ2v) is 19.9. The van der Waals surface area contributed by atoms with Crippen LogP contribution in [0.1, 0.15) is 114 Å². The van der Waals surface area contributed by atoms with Crippen molar-refractivity contribution in [3.63, 3.8) is 0 Å². The number of nitrogens with one attached hydrogen (secondary N) is 2. The van der Waals surface area contributed by atoms with Crippen LogP contribution in [0.4, 0.5) is 28.7 Å². The van der Waals surface area contributed by atoms with Gasteiger partial charge in [0.05, 0.1) is 52.0 Å². The number of benzene rings is 2. The lowest BCUT2D eigenvalue weighted by Gasteiger charge is -2.18. The van der Waals surface area contributed by atoms with Gasteiger partial charge in [0.2, 0.25) is 0 Å². The van der Waals surface area contributed by atoms with E-state index in [1.54, 1.807) is 18.9 Å². The Morgan fingerprint density at radius 3 is 1.75 bits per heavy atom. The molecular weight excluding hydrogens is 1020 g/mol. The van der Waals surface area contributed by atoms with Gasteiger partial charge in [0, 0.05) is 81.9 Å². The van der Waals surface area contributed by atoms with Gasteiger partial charge < -0.3 is 58.9 Å². The molecule has 3 aromatic rings. The zero-order valence-electron chi connectivity index (χ0n) is 45.2. The molecule has 0 amide bonds. The van der Waals surface area contributed by atoms with Gasteiger partial charge in [0.1, 0.15) is 52.9 Å². The summed E-state index contributed by atoms with van der Waals surface area (Å²) in [4.78, 5) is 54.3. The molecule has 426 valence electrons. The third-order valence-corrected chi connectivity index (χ3v) is 13.5. The standard InChI is InChI=1S/C54H79N7O15S/c1-41-43(40-55)53(56-26-33-72-35-36-76-51(67)25-15-9-19-32-74-49(65)23-13-7-17-30-63)58-54(57-42-20-10-5-11-21-42)52(41)60-59-44-38-46(71-4)47(39-45(44)70-3)77(68,69)37-28-61(2)27-34-75-50(66)24-14-8-18-31-73-48(64)22-12-6-16-29-62/h5,10-11,20-21,38-39,62-63H,6-9,12-19,22-37H2,1-4H3,(H2,56,57,58). The van der Waals surface area contributed by atoms with Crippen molar-refractivity contribution in [2.45, 2.75) is 115 Å². The van der Waals surface area contributed by atoms with Gasteiger partial charge in [-0.3, -0.25) is 19.2 Å². The van der Waals surface area contributed by atoms with E-state index in [0.29, 0.717) is 101 Å². The third-order valence-electron chi connectivity index (χ3n) is 11.8. The van der Waals surface area contributed by atoms with Gasteiger partial charge in [-0.05, 0) is 90.3 Å². The van der Waals surface area contributed by atoms with Crippen LogP contribution in [-0.4, -0.2) is 152 Å². The van der Waals surface area contributed by atoms with Crippen molar-refractivity contribution in [3.8, 4) is 17.6 Å². The molecule has 0 saturated carbocycles. The lowest BCUT2D eigenvalue weighted by atomic mass is 10.1. The van der Waals surface area contributed by atoms with Crippen LogP contribution in [-0.2, 0) is 52.7 Å². The zero-order valence-corrected chi connectivity index (χ0v) is 46.0. The van der Waals surface area contributed by atoms with Gasteiger partial charge in [0.25, 0.3) is 0 Å². The Morgan fingerprint density at radius 1 is 0.662 bits per heavy atom. The number of nitriles is 1. The molecule has 2 aromatic carbocycles. The molecule has 1 heterocycles. The van der Waals surface area contributed by atoms with Gasteiger partial charge in [-0.2, -0.15) is 5.26 Å². The van der Waals surface area contributed by atoms with Crippen molar-refractivity contribution in [1.82, 2.24) is 9.88 Å². The highest BCUT2D eigenvalue weighted by molar-refractivity contribution is 7.91. The van der Waals surface area contributed by atoms with Gasteiger partial charge in [-0.15, -0.1) is 10.2 Å². The first-order valence-electron chi connectivity index (χ1n) is 26.3. The van der Waals surface area contributed by atoms with E-state index in [9.17, 15) is 32.9 Å². The molecule has 0 radical (unpaired) electrons. The number of para-hydroxylation sites is 1. The van der Waals surface area contributed by atoms with E-state index in [1.165, 1.54) is 26.4 Å². The Hall–Kier alpha value is -6.45. The fourth-order valence-corrected chi connectivity index (χ4v) is 8.86. The number of nitrogens with zero attached hydrogens (tertiary/aromatic N) is 5. The normalized spacial score (nSPS) is 11.3. The third kappa shape index (κ3) is 26.0. The van der Waals surface area contributed by atoms with Crippen molar-refractivity contribution in [3.05, 3.63) is 53.6 Å². The molecule has 0 aliphatic carbocycles. The van der Waals surface area contributed by atoms with Crippen molar-refractivity contribution < 1.29 is 71.0 Å². The monoisotopic (exact) mass is 1100 g/mol. The molecule has 0 fully saturated rings. The minimum Gasteiger partial charge on any atom is -0.495 e. The first kappa shape index (κ1) is 64.8. The summed E-state index contributed by atoms with van der Waals surface area (Å²) in [5.74, 6) is -0.915. The molecule has 1 aromatic heterocycles. The van der Waals surface area contributed by atoms with Crippen molar-refractivity contribution in [2.75, 3.05) is 110 Å². The minimum atomic E-state index is -3.95. The van der Waals surface area contributed by atoms with E-state index in [0.717, 1.165) is 12.8 Å². The number of esters is 4. The van der Waals surface area contributed by atoms with Crippen LogP contribution in [0, 0.1) is 18.3 Å². The van der Waals surface area contributed by atoms with Crippen molar-refractivity contribution >= 4 is 62.4 Å². The first-order chi connectivity index (χ1) is 37.3. The SMILES string of the molecule is COc1cc(S(=O)(=O)CCN(C)CCOC(=O)CCCCCOC(=O)CCCCCO)c(OC)cc1N=Nc1c(Nc2ccccc2)nc(NCCOCCOC(=O)CCCCCOC(=O)CCCCCO)c(C#N)c1C. The summed E-state index contributed by atoms with van der Waals surface area (Å²) >= 11 is 0. The number of pyridine rings is 1. The van der Waals surface area contributed by atoms with Gasteiger partial charge >= 0.3 is 23.9 Å². The Bertz CT molecular complexity index is 2440. The maximum absolute atomic E-state index is 13.8. The molecule has 0 aliphatic heterocycles. The smallest absolute Gasteiger partial charge is 0.305 e. The molecule has 0 unspecified atom stereocenters. The number of methoxy groups -OCH3 is 2. The maximum atomic E-state index is 13.8. The topological polar surface area (TPSA) is 296 Å². The molecule has 23 heteroatoms. The second kappa shape index (κ2) is 38.2. The molecule has 0 saturated heterocycles. The highest BCUT2D eigenvalue weighted by Gasteiger charge is 2.25. The van der Waals surface area contributed by atoms with Crippen molar-refractivity contribution in [2.24, 2.45) is 10.2 Å². The Balaban J connectivity index is 1.55. The van der Waals surface area contributed by atoms with Crippen LogP contribution in [0.15, 0.2) is 57.6 Å². The zero-order chi connectivity index (χ0) is 56.1. The summed E-state index contributed by atoms with van der Waals surface area (Å²) in [5, 5.41) is 43.3. The van der Waals surface area contributed by atoms with Gasteiger partial charge in [-0.25, -0.2) is 13.4 Å². The summed E-state index contributed by atoms with van der Waals surface area (Å²) in [7, 11) is 0.471. The van der Waals surface area contributed by atoms with Crippen LogP contribution in [0.5, 0.6) is 11.5 Å². The number of likely N-dealkylation sites (N-methyl/N-ethyl adjacent to an activating group) is 1. The number of carbonyl (C=O) groups is 4. The van der Waals surface area contributed by atoms with E-state index in [2.05, 4.69) is 26.9 Å². The van der Waals surface area contributed by atoms with Crippen LogP contribution in [0.3, 0.4) is 0 Å². The Labute approximate surface area is 453 Å². The average molecular weight is 1100 g/mol. The summed E-state index contributed by atoms with van der Waals surface area (Å²) in [6, 6.07) is 14.1. The van der Waals surface area contributed by atoms with Gasteiger partial charge in [-0.1, -0.05) is 31.0 Å². The number of unbranched alkanes of at least 4 members (excludes halogenated alkanes) is 8. The fraction of sp³-hybridized carbons (Fsp3) is 0.593. The minimum absolute atomic E-state index is 0.00466. The van der Waals surface area contributed by atoms with Crippen LogP contribution >= 0.6 is 0 Å². The Kier molecular flexibility index (Phi) is 32.1. The van der Waals surface area contributed by atoms with Crippen LogP contribution < -0.4 is 20.1 Å². The average Bonchev–Trinajstić information content (AvgIpc) is 3.43. The number of hydrogen-bond donors (Lipinski definition) is 4. The molecular formula is C54H79N7O15S. The highest BCUT2D eigenvalue weighted by Crippen LogP contribution is 2.41. The van der Waals surface area contributed by atoms with E-state index in [4.69, 9.17) is 48.4 Å². The number of aliphatic hydroxyl groups excluding tert-OH is 2. The van der Waals surface area contributed by atoms with Crippen molar-refractivity contribution in [1.29, 1.82) is 5.26 Å². The highest BCUT2D eigenvalue weighted by atomic mass is 32.2. The van der Waals surface area contributed by atoms with Crippen LogP contribution in [0.2, 0.25) is 0 Å². The quantitative estimate of drug-likeness (QED) is 0.0181. The second-order valence-electron chi connectivity index (χ2n) is 17.9. The molecule has 0 atom stereocenters. The van der Waals surface area contributed by atoms with Gasteiger partial charge in [0.15, 0.2) is 15.7 Å². The summed E-state index contributed by atoms with van der Waals surface area (Å²) < 4.78 is 65.4. The largest absolute Gasteiger partial charge is 0.495 e. The number of aliphatic hydroxyl groups is 2. The molecule has 3 rings (SSSR count). The molecule has 77 heavy (non-hydrogen) atoms. The number of ether oxygens (including phenoxy) is 7. The van der Waals surface area contributed by atoms with E-state index in [1.807, 2.05) is 30.3 Å². The number of rotatable bonds is 42. The van der Waals surface area contributed by atoms with E-state index < -0.39 is 9.84 Å². The molecule has 4 N–H and O–H groups in total. The molecule has 22 nitrogen and oxygen atoms in total. The lowest BCUT2D eigenvalue weighted by Crippen LogP contribution is -2.29. The maximum Gasteiger partial charge on any atom is 0.305 e. The first-order valence-corrected chi connectivity index (χ1v) is 27.9. The predicted octanol–water partition coefficient (Wildman–Crippen LogP) is 7.97. The summed E-state index contributed by atoms with van der Waals surface area (Å²) in [6.07, 6.45) is 9.21. The number of hydrogen-bond acceptors (Lipinski definition) is 22. The lowest BCUT2D eigenvalue weighted by molar-refractivity contribution is -0.146. The van der Waals surface area contributed by atoms with E-state index >= 15 is 0 Å². The number of anilines is 3. The van der Waals surface area contributed by atoms with E-state index in [-0.39, 0.29) is 147 Å². The summed E-state index contributed by atoms with van der Waals surface area (Å²) in [5.41, 5.74) is 1.67. The number of carbonyl (C=O) groups excluding carboxylic acids is 4. The molecule has 0 bridgehead atoms. The summed E-state index contributed by atoms with van der Waals surface area (Å²) in [6.45, 7) is 3.68. The van der Waals surface area contributed by atoms with Crippen LogP contribution in [0.25, 0.3) is 0 Å². The number of sulfone groups is 1.